The van der Waals surface area contributed by atoms with Gasteiger partial charge in [-0.15, -0.1) is 0 Å². The summed E-state index contributed by atoms with van der Waals surface area (Å²) in [5, 5.41) is 0.914. The number of nitrogens with one attached hydrogen (secondary N) is 1. The van der Waals surface area contributed by atoms with Crippen molar-refractivity contribution in [2.24, 2.45) is 0 Å². The maximum Gasteiger partial charge on any atom is 0.165 e. The number of hydrogen-bond acceptors (Lipinski definition) is 3. The van der Waals surface area contributed by atoms with Gasteiger partial charge in [-0.2, -0.15) is 0 Å². The number of Topliss-reactive ketones (excluding diaryl/α,β-unsaturated/α-hetero) is 1. The third-order valence-electron chi connectivity index (χ3n) is 3.72. The van der Waals surface area contributed by atoms with Gasteiger partial charge in [0.15, 0.2) is 5.78 Å². The molecule has 3 rings (SSSR count). The Hall–Kier alpha value is -1.68. The van der Waals surface area contributed by atoms with E-state index in [1.807, 2.05) is 12.1 Å². The fourth-order valence-electron chi connectivity index (χ4n) is 2.65. The Morgan fingerprint density at radius 2 is 2.42 bits per heavy atom. The first-order valence-electron chi connectivity index (χ1n) is 6.91. The zero-order valence-electron chi connectivity index (χ0n) is 10.9. The third-order valence-corrected chi connectivity index (χ3v) is 3.72. The molecule has 100 valence electrons. The second-order valence-electron chi connectivity index (χ2n) is 5.05. The minimum atomic E-state index is 0.174. The van der Waals surface area contributed by atoms with E-state index >= 15 is 0 Å². The molecule has 2 aromatic heterocycles. The summed E-state index contributed by atoms with van der Waals surface area (Å²) in [6.07, 6.45) is 8.58. The molecule has 19 heavy (non-hydrogen) atoms. The minimum absolute atomic E-state index is 0.174. The lowest BCUT2D eigenvalue weighted by molar-refractivity contribution is 0.0104. The highest BCUT2D eigenvalue weighted by atomic mass is 16.5. The van der Waals surface area contributed by atoms with Crippen LogP contribution in [0.4, 0.5) is 0 Å². The van der Waals surface area contributed by atoms with Crippen LogP contribution in [0, 0.1) is 0 Å². The molecule has 3 heterocycles. The first kappa shape index (κ1) is 12.4. The summed E-state index contributed by atoms with van der Waals surface area (Å²) < 4.78 is 5.66. The van der Waals surface area contributed by atoms with Gasteiger partial charge in [-0.05, 0) is 37.8 Å². The number of aromatic nitrogens is 2. The van der Waals surface area contributed by atoms with Crippen molar-refractivity contribution in [1.29, 1.82) is 0 Å². The van der Waals surface area contributed by atoms with Gasteiger partial charge in [0.1, 0.15) is 5.65 Å². The summed E-state index contributed by atoms with van der Waals surface area (Å²) in [5.74, 6) is 0.174. The Labute approximate surface area is 112 Å². The Kier molecular flexibility index (Phi) is 3.60. The number of rotatable bonds is 4. The topological polar surface area (TPSA) is 55.0 Å². The highest BCUT2D eigenvalue weighted by molar-refractivity contribution is 6.07. The average molecular weight is 258 g/mol. The van der Waals surface area contributed by atoms with Gasteiger partial charge in [-0.1, -0.05) is 0 Å². The predicted molar refractivity (Wildman–Crippen MR) is 73.2 cm³/mol. The smallest absolute Gasteiger partial charge is 0.165 e. The molecule has 4 nitrogen and oxygen atoms in total. The van der Waals surface area contributed by atoms with Gasteiger partial charge >= 0.3 is 0 Å². The number of pyridine rings is 1. The van der Waals surface area contributed by atoms with E-state index in [9.17, 15) is 4.79 Å². The second-order valence-corrected chi connectivity index (χ2v) is 5.05. The lowest BCUT2D eigenvalue weighted by Gasteiger charge is -2.22. The zero-order chi connectivity index (χ0) is 13.1. The molecule has 2 aromatic rings. The number of hydrogen-bond donors (Lipinski definition) is 1. The Morgan fingerprint density at radius 1 is 1.47 bits per heavy atom. The third kappa shape index (κ3) is 2.68. The van der Waals surface area contributed by atoms with Crippen molar-refractivity contribution < 1.29 is 9.53 Å². The predicted octanol–water partition coefficient (Wildman–Crippen LogP) is 3.09. The van der Waals surface area contributed by atoms with Crippen molar-refractivity contribution in [3.8, 4) is 0 Å². The highest BCUT2D eigenvalue weighted by Crippen LogP contribution is 2.21. The SMILES string of the molecule is O=C(CCC1CCCCO1)c1c[nH]c2ncccc12. The van der Waals surface area contributed by atoms with E-state index in [1.165, 1.54) is 6.42 Å². The summed E-state index contributed by atoms with van der Waals surface area (Å²) >= 11 is 0. The van der Waals surface area contributed by atoms with Crippen LogP contribution >= 0.6 is 0 Å². The molecule has 0 spiro atoms. The van der Waals surface area contributed by atoms with Crippen LogP contribution in [-0.4, -0.2) is 28.5 Å². The molecule has 0 amide bonds. The lowest BCUT2D eigenvalue weighted by Crippen LogP contribution is -2.19. The van der Waals surface area contributed by atoms with Gasteiger partial charge in [0.25, 0.3) is 0 Å². The van der Waals surface area contributed by atoms with E-state index in [4.69, 9.17) is 4.74 Å². The van der Waals surface area contributed by atoms with Crippen LogP contribution in [0.3, 0.4) is 0 Å². The number of nitrogens with zero attached hydrogens (tertiary/aromatic N) is 1. The van der Waals surface area contributed by atoms with Gasteiger partial charge in [-0.25, -0.2) is 4.98 Å². The van der Waals surface area contributed by atoms with E-state index in [0.29, 0.717) is 6.42 Å². The molecule has 1 unspecified atom stereocenters. The molecule has 0 aliphatic carbocycles. The molecule has 4 heteroatoms. The van der Waals surface area contributed by atoms with E-state index in [1.54, 1.807) is 12.4 Å². The Balaban J connectivity index is 1.66. The summed E-state index contributed by atoms with van der Waals surface area (Å²) in [4.78, 5) is 19.5. The van der Waals surface area contributed by atoms with Crippen LogP contribution in [-0.2, 0) is 4.74 Å². The standard InChI is InChI=1S/C15H18N2O2/c18-14(7-6-11-4-1-2-9-19-11)13-10-17-15-12(13)5-3-8-16-15/h3,5,8,10-11H,1-2,4,6-7,9H2,(H,16,17). The molecule has 0 bridgehead atoms. The largest absolute Gasteiger partial charge is 0.378 e. The van der Waals surface area contributed by atoms with Gasteiger partial charge in [-0.3, -0.25) is 4.79 Å². The number of ether oxygens (including phenoxy) is 1. The first-order valence-corrected chi connectivity index (χ1v) is 6.91. The number of ketones is 1. The van der Waals surface area contributed by atoms with Crippen LogP contribution in [0.1, 0.15) is 42.5 Å². The molecule has 1 aliphatic heterocycles. The molecular formula is C15H18N2O2. The minimum Gasteiger partial charge on any atom is -0.378 e. The summed E-state index contributed by atoms with van der Waals surface area (Å²) in [7, 11) is 0. The van der Waals surface area contributed by atoms with Crippen molar-refractivity contribution in [2.45, 2.75) is 38.2 Å². The molecule has 0 aromatic carbocycles. The van der Waals surface area contributed by atoms with Gasteiger partial charge < -0.3 is 9.72 Å². The highest BCUT2D eigenvalue weighted by Gasteiger charge is 2.17. The molecular weight excluding hydrogens is 240 g/mol. The monoisotopic (exact) mass is 258 g/mol. The van der Waals surface area contributed by atoms with Crippen molar-refractivity contribution >= 4 is 16.8 Å². The molecule has 1 fully saturated rings. The van der Waals surface area contributed by atoms with E-state index in [2.05, 4.69) is 9.97 Å². The molecule has 1 atom stereocenters. The zero-order valence-corrected chi connectivity index (χ0v) is 10.9. The molecule has 1 aliphatic rings. The van der Waals surface area contributed by atoms with Crippen molar-refractivity contribution in [2.75, 3.05) is 6.61 Å². The molecule has 0 radical (unpaired) electrons. The molecule has 0 saturated carbocycles. The number of H-pyrrole nitrogens is 1. The fourth-order valence-corrected chi connectivity index (χ4v) is 2.65. The van der Waals surface area contributed by atoms with Crippen LogP contribution in [0.15, 0.2) is 24.5 Å². The van der Waals surface area contributed by atoms with Crippen molar-refractivity contribution in [3.05, 3.63) is 30.1 Å². The van der Waals surface area contributed by atoms with E-state index < -0.39 is 0 Å². The van der Waals surface area contributed by atoms with Gasteiger partial charge in [0.2, 0.25) is 0 Å². The first-order chi connectivity index (χ1) is 9.34. The number of carbonyl (C=O) groups is 1. The quantitative estimate of drug-likeness (QED) is 0.857. The van der Waals surface area contributed by atoms with Crippen LogP contribution in [0.5, 0.6) is 0 Å². The average Bonchev–Trinajstić information content (AvgIpc) is 2.90. The fraction of sp³-hybridized carbons (Fsp3) is 0.467. The number of carbonyl (C=O) groups excluding carboxylic acids is 1. The second kappa shape index (κ2) is 5.53. The van der Waals surface area contributed by atoms with E-state index in [-0.39, 0.29) is 11.9 Å². The maximum absolute atomic E-state index is 12.3. The van der Waals surface area contributed by atoms with Gasteiger partial charge in [0, 0.05) is 36.4 Å². The Bertz CT molecular complexity index is 570. The summed E-state index contributed by atoms with van der Waals surface area (Å²) in [6.45, 7) is 0.843. The van der Waals surface area contributed by atoms with Crippen LogP contribution in [0.2, 0.25) is 0 Å². The van der Waals surface area contributed by atoms with Crippen LogP contribution in [0.25, 0.3) is 11.0 Å². The number of aromatic amines is 1. The van der Waals surface area contributed by atoms with Crippen molar-refractivity contribution in [3.63, 3.8) is 0 Å². The molecule has 1 saturated heterocycles. The van der Waals surface area contributed by atoms with Crippen molar-refractivity contribution in [1.82, 2.24) is 9.97 Å². The van der Waals surface area contributed by atoms with E-state index in [0.717, 1.165) is 42.5 Å². The molecule has 1 N–H and O–H groups in total. The normalized spacial score (nSPS) is 19.7. The maximum atomic E-state index is 12.3. The summed E-state index contributed by atoms with van der Waals surface area (Å²) in [5.41, 5.74) is 1.53. The van der Waals surface area contributed by atoms with Crippen LogP contribution < -0.4 is 0 Å². The lowest BCUT2D eigenvalue weighted by atomic mass is 10.0. The van der Waals surface area contributed by atoms with Gasteiger partial charge in [0.05, 0.1) is 6.10 Å². The summed E-state index contributed by atoms with van der Waals surface area (Å²) in [6, 6.07) is 3.79. The Morgan fingerprint density at radius 3 is 3.26 bits per heavy atom. The number of fused-ring (bicyclic) bond motifs is 1.